The van der Waals surface area contributed by atoms with Crippen LogP contribution in [-0.2, 0) is 9.59 Å². The zero-order chi connectivity index (χ0) is 11.8. The van der Waals surface area contributed by atoms with Crippen molar-refractivity contribution < 1.29 is 29.5 Å². The number of carboxylic acid groups (broad SMARTS) is 1. The van der Waals surface area contributed by atoms with Gasteiger partial charge in [-0.15, -0.1) is 5.06 Å². The number of hydroxylamine groups is 2. The van der Waals surface area contributed by atoms with Gasteiger partial charge in [0, 0.05) is 0 Å². The van der Waals surface area contributed by atoms with Crippen molar-refractivity contribution in [1.82, 2.24) is 15.7 Å². The van der Waals surface area contributed by atoms with Gasteiger partial charge < -0.3 is 10.8 Å². The van der Waals surface area contributed by atoms with Gasteiger partial charge in [-0.3, -0.25) is 20.6 Å². The van der Waals surface area contributed by atoms with Crippen LogP contribution in [0, 0.1) is 0 Å². The average Bonchev–Trinajstić information content (AvgIpc) is 2.31. The molecular formula is C5H6N4O6. The summed E-state index contributed by atoms with van der Waals surface area (Å²) in [6.07, 6.45) is 0. The molecule has 0 aliphatic carbocycles. The van der Waals surface area contributed by atoms with Gasteiger partial charge in [0.05, 0.1) is 0 Å². The maximum atomic E-state index is 11.2. The van der Waals surface area contributed by atoms with Crippen LogP contribution in [0.1, 0.15) is 0 Å². The number of nitrogens with one attached hydrogen (secondary N) is 2. The van der Waals surface area contributed by atoms with Crippen molar-refractivity contribution in [2.24, 2.45) is 5.73 Å². The topological polar surface area (TPSA) is 162 Å². The number of amides is 5. The van der Waals surface area contributed by atoms with Crippen molar-refractivity contribution in [1.29, 1.82) is 0 Å². The first-order valence-corrected chi connectivity index (χ1v) is 3.48. The highest BCUT2D eigenvalue weighted by molar-refractivity contribution is 6.18. The molecule has 0 aromatic rings. The molecule has 82 valence electrons. The number of aliphatic carboxylic acids is 1. The fourth-order valence-corrected chi connectivity index (χ4v) is 0.986. The molecule has 1 aliphatic rings. The van der Waals surface area contributed by atoms with Crippen molar-refractivity contribution in [2.45, 2.75) is 5.66 Å². The van der Waals surface area contributed by atoms with Crippen molar-refractivity contribution in [3.8, 4) is 0 Å². The number of carbonyl (C=O) groups excluding carboxylic acids is 3. The van der Waals surface area contributed by atoms with Gasteiger partial charge in [-0.05, 0) is 0 Å². The predicted octanol–water partition coefficient (Wildman–Crippen LogP) is -2.62. The third kappa shape index (κ3) is 1.42. The fourth-order valence-electron chi connectivity index (χ4n) is 0.986. The van der Waals surface area contributed by atoms with E-state index in [4.69, 9.17) is 10.3 Å². The molecule has 10 heteroatoms. The molecule has 0 spiro atoms. The van der Waals surface area contributed by atoms with E-state index >= 15 is 0 Å². The molecule has 1 rings (SSSR count). The highest BCUT2D eigenvalue weighted by Crippen LogP contribution is 2.13. The molecule has 1 unspecified atom stereocenters. The lowest BCUT2D eigenvalue weighted by Gasteiger charge is -2.20. The molecule has 1 fully saturated rings. The molecule has 6 N–H and O–H groups in total. The molecule has 1 heterocycles. The quantitative estimate of drug-likeness (QED) is 0.193. The summed E-state index contributed by atoms with van der Waals surface area (Å²) in [6.45, 7) is 0. The molecule has 1 saturated heterocycles. The van der Waals surface area contributed by atoms with Gasteiger partial charge in [-0.1, -0.05) is 0 Å². The van der Waals surface area contributed by atoms with Crippen LogP contribution < -0.4 is 16.4 Å². The number of urea groups is 2. The van der Waals surface area contributed by atoms with Crippen LogP contribution in [0.2, 0.25) is 0 Å². The SMILES string of the molecule is NC(=O)NC1(C(=O)O)NC(=O)N(O)C1=O. The fraction of sp³-hybridized carbons (Fsp3) is 0.200. The van der Waals surface area contributed by atoms with E-state index in [1.165, 1.54) is 5.32 Å². The second-order valence-electron chi connectivity index (χ2n) is 2.59. The second kappa shape index (κ2) is 3.09. The van der Waals surface area contributed by atoms with E-state index < -0.39 is 34.7 Å². The lowest BCUT2D eigenvalue weighted by atomic mass is 10.1. The summed E-state index contributed by atoms with van der Waals surface area (Å²) >= 11 is 0. The van der Waals surface area contributed by atoms with Crippen LogP contribution in [-0.4, -0.2) is 45.0 Å². The Hall–Kier alpha value is -2.36. The summed E-state index contributed by atoms with van der Waals surface area (Å²) in [5.74, 6) is -3.44. The van der Waals surface area contributed by atoms with Crippen LogP contribution in [0.4, 0.5) is 9.59 Å². The summed E-state index contributed by atoms with van der Waals surface area (Å²) in [7, 11) is 0. The van der Waals surface area contributed by atoms with Crippen LogP contribution in [0.3, 0.4) is 0 Å². The Morgan fingerprint density at radius 2 is 2.00 bits per heavy atom. The maximum Gasteiger partial charge on any atom is 0.361 e. The smallest absolute Gasteiger partial charge is 0.361 e. The largest absolute Gasteiger partial charge is 0.478 e. The minimum atomic E-state index is -2.75. The van der Waals surface area contributed by atoms with Gasteiger partial charge in [0.15, 0.2) is 0 Å². The molecule has 0 bridgehead atoms. The Kier molecular flexibility index (Phi) is 2.21. The molecule has 1 atom stereocenters. The normalized spacial score (nSPS) is 25.0. The second-order valence-corrected chi connectivity index (χ2v) is 2.59. The van der Waals surface area contributed by atoms with Crippen LogP contribution >= 0.6 is 0 Å². The van der Waals surface area contributed by atoms with Crippen LogP contribution in [0.15, 0.2) is 0 Å². The summed E-state index contributed by atoms with van der Waals surface area (Å²) in [5.41, 5.74) is 1.88. The number of primary amides is 1. The van der Waals surface area contributed by atoms with Crippen molar-refractivity contribution >= 4 is 23.9 Å². The van der Waals surface area contributed by atoms with Crippen LogP contribution in [0.5, 0.6) is 0 Å². The number of carbonyl (C=O) groups is 4. The van der Waals surface area contributed by atoms with E-state index in [1.54, 1.807) is 5.32 Å². The number of rotatable bonds is 2. The van der Waals surface area contributed by atoms with Gasteiger partial charge >= 0.3 is 23.9 Å². The third-order valence-corrected chi connectivity index (χ3v) is 1.63. The van der Waals surface area contributed by atoms with E-state index in [-0.39, 0.29) is 0 Å². The first-order valence-electron chi connectivity index (χ1n) is 3.48. The lowest BCUT2D eigenvalue weighted by molar-refractivity contribution is -0.162. The first kappa shape index (κ1) is 10.7. The maximum absolute atomic E-state index is 11.2. The number of imide groups is 1. The summed E-state index contributed by atoms with van der Waals surface area (Å²) in [6, 6.07) is -2.72. The number of hydrogen-bond donors (Lipinski definition) is 5. The average molecular weight is 218 g/mol. The van der Waals surface area contributed by atoms with Gasteiger partial charge in [0.25, 0.3) is 5.66 Å². The number of carboxylic acids is 1. The molecular weight excluding hydrogens is 212 g/mol. The van der Waals surface area contributed by atoms with E-state index in [0.29, 0.717) is 0 Å². The molecule has 0 saturated carbocycles. The highest BCUT2D eigenvalue weighted by Gasteiger charge is 2.58. The number of nitrogens with two attached hydrogens (primary N) is 1. The van der Waals surface area contributed by atoms with Gasteiger partial charge in [-0.2, -0.15) is 0 Å². The summed E-state index contributed by atoms with van der Waals surface area (Å²) in [5, 5.41) is 20.1. The van der Waals surface area contributed by atoms with E-state index in [2.05, 4.69) is 5.73 Å². The lowest BCUT2D eigenvalue weighted by Crippen LogP contribution is -2.66. The predicted molar refractivity (Wildman–Crippen MR) is 40.3 cm³/mol. The minimum Gasteiger partial charge on any atom is -0.478 e. The highest BCUT2D eigenvalue weighted by atomic mass is 16.5. The van der Waals surface area contributed by atoms with Gasteiger partial charge in [0.2, 0.25) is 0 Å². The Labute approximate surface area is 81.6 Å². The molecule has 0 aromatic heterocycles. The Morgan fingerprint density at radius 1 is 1.47 bits per heavy atom. The van der Waals surface area contributed by atoms with E-state index in [1.807, 2.05) is 0 Å². The molecule has 5 amide bonds. The van der Waals surface area contributed by atoms with E-state index in [9.17, 15) is 19.2 Å². The molecule has 0 aromatic carbocycles. The minimum absolute atomic E-state index is 0.468. The monoisotopic (exact) mass is 218 g/mol. The Morgan fingerprint density at radius 3 is 2.27 bits per heavy atom. The molecule has 1 aliphatic heterocycles. The molecule has 15 heavy (non-hydrogen) atoms. The van der Waals surface area contributed by atoms with Crippen molar-refractivity contribution in [3.05, 3.63) is 0 Å². The molecule has 0 radical (unpaired) electrons. The van der Waals surface area contributed by atoms with Crippen molar-refractivity contribution in [2.75, 3.05) is 0 Å². The molecule has 10 nitrogen and oxygen atoms in total. The number of hydrogen-bond acceptors (Lipinski definition) is 5. The Balaban J connectivity index is 3.14. The number of nitrogens with zero attached hydrogens (tertiary/aromatic N) is 1. The van der Waals surface area contributed by atoms with Gasteiger partial charge in [0.1, 0.15) is 0 Å². The Bertz CT molecular complexity index is 363. The van der Waals surface area contributed by atoms with Crippen molar-refractivity contribution in [3.63, 3.8) is 0 Å². The third-order valence-electron chi connectivity index (χ3n) is 1.63. The first-order chi connectivity index (χ1) is 6.81. The van der Waals surface area contributed by atoms with Gasteiger partial charge in [-0.25, -0.2) is 14.4 Å². The van der Waals surface area contributed by atoms with E-state index in [0.717, 1.165) is 0 Å². The zero-order valence-electron chi connectivity index (χ0n) is 7.05. The van der Waals surface area contributed by atoms with Crippen LogP contribution in [0.25, 0.3) is 0 Å². The standard InChI is InChI=1S/C5H6N4O6/c6-3(13)7-5(2(11)12)1(10)9(15)4(14)8-5/h15H,(H,8,14)(H,11,12)(H3,6,7,13). The zero-order valence-corrected chi connectivity index (χ0v) is 7.05. The summed E-state index contributed by atoms with van der Waals surface area (Å²) in [4.78, 5) is 43.1. The summed E-state index contributed by atoms with van der Waals surface area (Å²) < 4.78 is 0.